The Kier molecular flexibility index (Phi) is 8.53. The van der Waals surface area contributed by atoms with Crippen LogP contribution >= 0.6 is 22.9 Å². The molecule has 2 aliphatic heterocycles. The predicted octanol–water partition coefficient (Wildman–Crippen LogP) is 6.26. The first kappa shape index (κ1) is 28.7. The molecule has 42 heavy (non-hydrogen) atoms. The molecule has 0 radical (unpaired) electrons. The number of halogens is 3. The SMILES string of the molecule is CCOC(=O)c1cc2nc(CN3CC=C(c4ccc(F)c(OCc5ccc(Cl)cc5F)n4)CC3)n(C[C@@H]3CCO3)c2s1. The van der Waals surface area contributed by atoms with Gasteiger partial charge in [-0.2, -0.15) is 0 Å². The number of nitrogens with zero attached hydrogens (tertiary/aromatic N) is 4. The van der Waals surface area contributed by atoms with Gasteiger partial charge in [-0.25, -0.2) is 23.5 Å². The number of hydrogen-bond donors (Lipinski definition) is 0. The average Bonchev–Trinajstić information content (AvgIpc) is 3.50. The van der Waals surface area contributed by atoms with Gasteiger partial charge in [-0.05, 0) is 55.7 Å². The molecule has 0 saturated carbocycles. The first-order valence-corrected chi connectivity index (χ1v) is 15.0. The fraction of sp³-hybridized carbons (Fsp3) is 0.367. The molecular weight excluding hydrogens is 586 g/mol. The Morgan fingerprint density at radius 3 is 2.76 bits per heavy atom. The molecule has 0 N–H and O–H groups in total. The fourth-order valence-corrected chi connectivity index (χ4v) is 6.16. The van der Waals surface area contributed by atoms with Crippen molar-refractivity contribution in [2.45, 2.75) is 45.6 Å². The predicted molar refractivity (Wildman–Crippen MR) is 156 cm³/mol. The van der Waals surface area contributed by atoms with E-state index < -0.39 is 11.6 Å². The summed E-state index contributed by atoms with van der Waals surface area (Å²) in [6.45, 7) is 5.44. The third-order valence-corrected chi connectivity index (χ3v) is 8.70. The molecule has 1 aromatic carbocycles. The van der Waals surface area contributed by atoms with Crippen molar-refractivity contribution >= 4 is 44.8 Å². The molecule has 2 aliphatic rings. The van der Waals surface area contributed by atoms with Crippen LogP contribution in [-0.4, -0.2) is 57.8 Å². The van der Waals surface area contributed by atoms with Crippen LogP contribution in [0.3, 0.4) is 0 Å². The van der Waals surface area contributed by atoms with Gasteiger partial charge in [-0.3, -0.25) is 4.90 Å². The van der Waals surface area contributed by atoms with Gasteiger partial charge in [0.15, 0.2) is 5.82 Å². The van der Waals surface area contributed by atoms with E-state index in [9.17, 15) is 13.6 Å². The van der Waals surface area contributed by atoms with Gasteiger partial charge < -0.3 is 18.8 Å². The topological polar surface area (TPSA) is 78.7 Å². The van der Waals surface area contributed by atoms with Gasteiger partial charge in [0.2, 0.25) is 0 Å². The van der Waals surface area contributed by atoms with Crippen LogP contribution in [-0.2, 0) is 29.2 Å². The Balaban J connectivity index is 1.15. The molecule has 0 amide bonds. The molecule has 1 saturated heterocycles. The largest absolute Gasteiger partial charge is 0.471 e. The molecular formula is C30H29ClF2N4O4S. The highest BCUT2D eigenvalue weighted by molar-refractivity contribution is 7.20. The summed E-state index contributed by atoms with van der Waals surface area (Å²) in [5.41, 5.74) is 2.66. The van der Waals surface area contributed by atoms with E-state index >= 15 is 0 Å². The Labute approximate surface area is 250 Å². The fourth-order valence-electron chi connectivity index (χ4n) is 4.98. The summed E-state index contributed by atoms with van der Waals surface area (Å²) in [6, 6.07) is 9.00. The van der Waals surface area contributed by atoms with Crippen LogP contribution in [0.4, 0.5) is 8.78 Å². The van der Waals surface area contributed by atoms with Gasteiger partial charge in [0, 0.05) is 30.3 Å². The van der Waals surface area contributed by atoms with Crippen molar-refractivity contribution in [3.63, 3.8) is 0 Å². The van der Waals surface area contributed by atoms with Crippen molar-refractivity contribution in [1.82, 2.24) is 19.4 Å². The molecule has 0 spiro atoms. The maximum Gasteiger partial charge on any atom is 0.348 e. The number of hydrogen-bond acceptors (Lipinski definition) is 8. The van der Waals surface area contributed by atoms with E-state index in [2.05, 4.69) is 20.5 Å². The molecule has 1 fully saturated rings. The summed E-state index contributed by atoms with van der Waals surface area (Å²) in [6.07, 6.45) is 3.92. The van der Waals surface area contributed by atoms with Crippen molar-refractivity contribution in [2.75, 3.05) is 26.3 Å². The number of carbonyl (C=O) groups is 1. The van der Waals surface area contributed by atoms with E-state index in [0.717, 1.165) is 41.3 Å². The Bertz CT molecular complexity index is 1650. The zero-order valence-electron chi connectivity index (χ0n) is 22.9. The number of pyridine rings is 1. The number of aromatic nitrogens is 3. The summed E-state index contributed by atoms with van der Waals surface area (Å²) in [7, 11) is 0. The molecule has 0 bridgehead atoms. The Morgan fingerprint density at radius 1 is 1.19 bits per heavy atom. The van der Waals surface area contributed by atoms with Crippen LogP contribution in [0.15, 0.2) is 42.5 Å². The van der Waals surface area contributed by atoms with Crippen LogP contribution in [0.5, 0.6) is 5.88 Å². The third kappa shape index (κ3) is 6.19. The minimum Gasteiger partial charge on any atom is -0.471 e. The van der Waals surface area contributed by atoms with Gasteiger partial charge in [0.05, 0.1) is 31.5 Å². The van der Waals surface area contributed by atoms with E-state index in [0.29, 0.717) is 43.2 Å². The van der Waals surface area contributed by atoms with Gasteiger partial charge in [-0.1, -0.05) is 23.7 Å². The molecule has 6 rings (SSSR count). The van der Waals surface area contributed by atoms with E-state index in [4.69, 9.17) is 30.8 Å². The summed E-state index contributed by atoms with van der Waals surface area (Å²) in [4.78, 5) is 25.3. The monoisotopic (exact) mass is 614 g/mol. The normalized spacial score (nSPS) is 17.2. The summed E-state index contributed by atoms with van der Waals surface area (Å²) in [5.74, 6) is -0.715. The lowest BCUT2D eigenvalue weighted by Gasteiger charge is -2.29. The Morgan fingerprint density at radius 2 is 2.05 bits per heavy atom. The first-order valence-electron chi connectivity index (χ1n) is 13.8. The zero-order chi connectivity index (χ0) is 29.2. The van der Waals surface area contributed by atoms with Gasteiger partial charge in [-0.15, -0.1) is 11.3 Å². The minimum atomic E-state index is -0.612. The van der Waals surface area contributed by atoms with Crippen molar-refractivity contribution in [1.29, 1.82) is 0 Å². The number of imidazole rings is 1. The number of ether oxygens (including phenoxy) is 3. The van der Waals surface area contributed by atoms with Crippen LogP contribution in [0, 0.1) is 11.6 Å². The van der Waals surface area contributed by atoms with Crippen molar-refractivity contribution in [3.8, 4) is 5.88 Å². The molecule has 220 valence electrons. The summed E-state index contributed by atoms with van der Waals surface area (Å²) < 4.78 is 47.2. The smallest absolute Gasteiger partial charge is 0.348 e. The van der Waals surface area contributed by atoms with Crippen molar-refractivity contribution in [3.05, 3.63) is 81.1 Å². The number of esters is 1. The number of fused-ring (bicyclic) bond motifs is 1. The zero-order valence-corrected chi connectivity index (χ0v) is 24.5. The lowest BCUT2D eigenvalue weighted by atomic mass is 10.0. The lowest BCUT2D eigenvalue weighted by molar-refractivity contribution is -0.0591. The van der Waals surface area contributed by atoms with Gasteiger partial charge in [0.25, 0.3) is 5.88 Å². The molecule has 8 nitrogen and oxygen atoms in total. The quantitative estimate of drug-likeness (QED) is 0.195. The second-order valence-corrected chi connectivity index (χ2v) is 11.6. The second-order valence-electron chi connectivity index (χ2n) is 10.2. The number of carbonyl (C=O) groups excluding carboxylic acids is 1. The molecule has 0 unspecified atom stereocenters. The van der Waals surface area contributed by atoms with Crippen molar-refractivity contribution < 1.29 is 27.8 Å². The maximum atomic E-state index is 14.5. The molecule has 3 aromatic heterocycles. The minimum absolute atomic E-state index is 0.138. The van der Waals surface area contributed by atoms with E-state index in [-0.39, 0.29) is 35.1 Å². The van der Waals surface area contributed by atoms with E-state index in [1.165, 1.54) is 29.5 Å². The number of benzene rings is 1. The van der Waals surface area contributed by atoms with Gasteiger partial charge >= 0.3 is 5.97 Å². The standard InChI is InChI=1S/C30H29ClF2N4O4S/c1-2-39-30(38)26-14-25-29(42-26)37(15-21-9-12-40-21)27(34-25)16-36-10-7-18(8-11-36)24-6-5-22(32)28(35-24)41-17-19-3-4-20(31)13-23(19)33/h3-7,13-14,21H,2,8-12,15-17H2,1H3/t21-/m0/s1. The van der Waals surface area contributed by atoms with E-state index in [1.807, 2.05) is 0 Å². The number of thiophene rings is 1. The summed E-state index contributed by atoms with van der Waals surface area (Å²) >= 11 is 7.21. The molecule has 0 aliphatic carbocycles. The van der Waals surface area contributed by atoms with Crippen LogP contribution in [0.2, 0.25) is 5.02 Å². The average molecular weight is 615 g/mol. The molecule has 1 atom stereocenters. The maximum absolute atomic E-state index is 14.5. The number of rotatable bonds is 10. The van der Waals surface area contributed by atoms with Crippen LogP contribution in [0.1, 0.15) is 46.5 Å². The third-order valence-electron chi connectivity index (χ3n) is 7.34. The lowest BCUT2D eigenvalue weighted by Crippen LogP contribution is -2.33. The van der Waals surface area contributed by atoms with Crippen LogP contribution < -0.4 is 4.74 Å². The highest BCUT2D eigenvalue weighted by atomic mass is 35.5. The van der Waals surface area contributed by atoms with Crippen LogP contribution in [0.25, 0.3) is 15.9 Å². The van der Waals surface area contributed by atoms with Crippen molar-refractivity contribution in [2.24, 2.45) is 0 Å². The molecule has 4 aromatic rings. The highest BCUT2D eigenvalue weighted by Crippen LogP contribution is 2.31. The molecule has 5 heterocycles. The highest BCUT2D eigenvalue weighted by Gasteiger charge is 2.26. The second kappa shape index (κ2) is 12.5. The summed E-state index contributed by atoms with van der Waals surface area (Å²) in [5, 5.41) is 0.278. The molecule has 12 heteroatoms. The first-order chi connectivity index (χ1) is 20.4. The van der Waals surface area contributed by atoms with Gasteiger partial charge in [0.1, 0.15) is 33.5 Å². The van der Waals surface area contributed by atoms with E-state index in [1.54, 1.807) is 25.1 Å². The Hall–Kier alpha value is -3.38.